The van der Waals surface area contributed by atoms with E-state index in [1.54, 1.807) is 13.1 Å². The fourth-order valence-corrected chi connectivity index (χ4v) is 4.44. The maximum absolute atomic E-state index is 14.0. The molecule has 0 unspecified atom stereocenters. The van der Waals surface area contributed by atoms with Gasteiger partial charge in [0, 0.05) is 38.8 Å². The summed E-state index contributed by atoms with van der Waals surface area (Å²) >= 11 is 0. The van der Waals surface area contributed by atoms with Crippen LogP contribution in [0.3, 0.4) is 0 Å². The number of halogens is 2. The first-order valence-corrected chi connectivity index (χ1v) is 10.2. The van der Waals surface area contributed by atoms with Crippen LogP contribution in [0.5, 0.6) is 0 Å². The number of aromatic nitrogens is 3. The molecule has 1 atom stereocenters. The fraction of sp³-hybridized carbons (Fsp3) is 0.455. The van der Waals surface area contributed by atoms with Gasteiger partial charge < -0.3 is 15.2 Å². The molecule has 4 rings (SSSR count). The van der Waals surface area contributed by atoms with E-state index in [0.29, 0.717) is 24.1 Å². The van der Waals surface area contributed by atoms with Gasteiger partial charge in [-0.3, -0.25) is 13.9 Å². The minimum Gasteiger partial charge on any atom is -0.356 e. The number of rotatable bonds is 3. The zero-order chi connectivity index (χ0) is 21.8. The number of hydrogen-bond acceptors (Lipinski definition) is 4. The Hall–Kier alpha value is -2.58. The van der Waals surface area contributed by atoms with E-state index in [4.69, 9.17) is 5.73 Å². The Bertz CT molecular complexity index is 1260. The van der Waals surface area contributed by atoms with Gasteiger partial charge in [0.25, 0.3) is 5.56 Å². The molecule has 2 N–H and O–H groups in total. The molecule has 3 heterocycles. The Morgan fingerprint density at radius 2 is 1.87 bits per heavy atom. The third kappa shape index (κ3) is 4.02. The highest BCUT2D eigenvalue weighted by Gasteiger charge is 2.30. The molecule has 1 aliphatic rings. The van der Waals surface area contributed by atoms with E-state index in [-0.39, 0.29) is 35.0 Å². The van der Waals surface area contributed by atoms with Gasteiger partial charge in [-0.05, 0) is 49.9 Å². The summed E-state index contributed by atoms with van der Waals surface area (Å²) in [5, 5.41) is 0. The number of fused-ring (bicyclic) bond motifs is 1. The number of nitrogens with zero attached hydrogens (tertiary/aromatic N) is 4. The van der Waals surface area contributed by atoms with Crippen molar-refractivity contribution < 1.29 is 4.39 Å². The molecule has 0 saturated carbocycles. The minimum absolute atomic E-state index is 0. The zero-order valence-electron chi connectivity index (χ0n) is 18.3. The standard InChI is InChI=1S/C22H28FN5O2.ClH/c1-14-6-7-16(23)10-15(14)12-28-18(27-9-5-8-22(2,24)13-27)11-17-19(28)20(29)26(4)21(30)25(17)3;/h6-7,10-11H,5,8-9,12-13,24H2,1-4H3;1H/t22-;/m1./s1. The Balaban J connectivity index is 0.00000272. The lowest BCUT2D eigenvalue weighted by Crippen LogP contribution is -2.52. The van der Waals surface area contributed by atoms with Crippen molar-refractivity contribution in [2.24, 2.45) is 19.8 Å². The van der Waals surface area contributed by atoms with Crippen molar-refractivity contribution in [3.8, 4) is 0 Å². The molecule has 1 aliphatic heterocycles. The number of anilines is 1. The number of benzene rings is 1. The van der Waals surface area contributed by atoms with Crippen molar-refractivity contribution in [3.05, 3.63) is 62.0 Å². The molecular weight excluding hydrogens is 421 g/mol. The molecule has 1 aromatic carbocycles. The summed E-state index contributed by atoms with van der Waals surface area (Å²) in [6.45, 7) is 5.72. The quantitative estimate of drug-likeness (QED) is 0.665. The van der Waals surface area contributed by atoms with Gasteiger partial charge >= 0.3 is 5.69 Å². The smallest absolute Gasteiger partial charge is 0.331 e. The summed E-state index contributed by atoms with van der Waals surface area (Å²) in [5.74, 6) is 0.504. The lowest BCUT2D eigenvalue weighted by atomic mass is 9.92. The molecule has 3 aromatic rings. The van der Waals surface area contributed by atoms with Crippen LogP contribution in [0, 0.1) is 12.7 Å². The molecule has 7 nitrogen and oxygen atoms in total. The maximum Gasteiger partial charge on any atom is 0.331 e. The summed E-state index contributed by atoms with van der Waals surface area (Å²) in [7, 11) is 3.14. The summed E-state index contributed by atoms with van der Waals surface area (Å²) in [6.07, 6.45) is 1.86. The molecule has 9 heteroatoms. The van der Waals surface area contributed by atoms with Gasteiger partial charge in [-0.15, -0.1) is 12.4 Å². The van der Waals surface area contributed by atoms with Crippen molar-refractivity contribution in [1.29, 1.82) is 0 Å². The molecule has 1 fully saturated rings. The van der Waals surface area contributed by atoms with E-state index in [2.05, 4.69) is 4.90 Å². The second-order valence-corrected chi connectivity index (χ2v) is 8.78. The highest BCUT2D eigenvalue weighted by molar-refractivity contribution is 5.85. The molecule has 0 aliphatic carbocycles. The molecule has 2 aromatic heterocycles. The Morgan fingerprint density at radius 3 is 2.55 bits per heavy atom. The van der Waals surface area contributed by atoms with Crippen LogP contribution in [0.15, 0.2) is 33.9 Å². The number of nitrogens with two attached hydrogens (primary N) is 1. The average Bonchev–Trinajstić information content (AvgIpc) is 3.06. The third-order valence-corrected chi connectivity index (χ3v) is 6.19. The fourth-order valence-electron chi connectivity index (χ4n) is 4.44. The first-order valence-electron chi connectivity index (χ1n) is 10.2. The Kier molecular flexibility index (Phi) is 6.08. The summed E-state index contributed by atoms with van der Waals surface area (Å²) in [6, 6.07) is 6.55. The van der Waals surface area contributed by atoms with Crippen molar-refractivity contribution in [2.45, 2.75) is 38.8 Å². The SMILES string of the molecule is Cc1ccc(F)cc1Cn1c(N2CCC[C@@](C)(N)C2)cc2c1c(=O)n(C)c(=O)n2C.Cl. The summed E-state index contributed by atoms with van der Waals surface area (Å²) in [5.41, 5.74) is 8.08. The second-order valence-electron chi connectivity index (χ2n) is 8.78. The minimum atomic E-state index is -0.375. The van der Waals surface area contributed by atoms with Crippen molar-refractivity contribution in [1.82, 2.24) is 13.7 Å². The van der Waals surface area contributed by atoms with Gasteiger partial charge in [-0.25, -0.2) is 9.18 Å². The maximum atomic E-state index is 14.0. The molecule has 0 amide bonds. The monoisotopic (exact) mass is 449 g/mol. The number of aryl methyl sites for hydroxylation is 2. The predicted molar refractivity (Wildman–Crippen MR) is 124 cm³/mol. The van der Waals surface area contributed by atoms with Crippen molar-refractivity contribution >= 4 is 29.3 Å². The second kappa shape index (κ2) is 8.16. The molecule has 31 heavy (non-hydrogen) atoms. The molecule has 0 radical (unpaired) electrons. The van der Waals surface area contributed by atoms with E-state index in [1.165, 1.54) is 23.7 Å². The molecule has 0 spiro atoms. The van der Waals surface area contributed by atoms with Gasteiger partial charge in [0.1, 0.15) is 17.2 Å². The van der Waals surface area contributed by atoms with E-state index >= 15 is 0 Å². The van der Waals surface area contributed by atoms with Crippen LogP contribution in [0.1, 0.15) is 30.9 Å². The largest absolute Gasteiger partial charge is 0.356 e. The van der Waals surface area contributed by atoms with Gasteiger partial charge in [0.2, 0.25) is 0 Å². The van der Waals surface area contributed by atoms with Crippen LogP contribution in [-0.4, -0.2) is 32.3 Å². The van der Waals surface area contributed by atoms with Gasteiger partial charge in [0.05, 0.1) is 12.1 Å². The highest BCUT2D eigenvalue weighted by atomic mass is 35.5. The lowest BCUT2D eigenvalue weighted by Gasteiger charge is -2.39. The molecular formula is C22H29ClFN5O2. The van der Waals surface area contributed by atoms with Gasteiger partial charge in [-0.1, -0.05) is 6.07 Å². The van der Waals surface area contributed by atoms with E-state index in [0.717, 1.165) is 40.9 Å². The van der Waals surface area contributed by atoms with Crippen LogP contribution in [0.4, 0.5) is 10.2 Å². The van der Waals surface area contributed by atoms with Crippen LogP contribution >= 0.6 is 12.4 Å². The molecule has 0 bridgehead atoms. The lowest BCUT2D eigenvalue weighted by molar-refractivity contribution is 0.371. The normalized spacial score (nSPS) is 19.0. The Morgan fingerprint density at radius 1 is 1.16 bits per heavy atom. The predicted octanol–water partition coefficient (Wildman–Crippen LogP) is 2.27. The molecule has 1 saturated heterocycles. The van der Waals surface area contributed by atoms with E-state index in [9.17, 15) is 14.0 Å². The number of piperidine rings is 1. The van der Waals surface area contributed by atoms with Gasteiger partial charge in [0.15, 0.2) is 0 Å². The van der Waals surface area contributed by atoms with Crippen LogP contribution in [0.25, 0.3) is 11.0 Å². The van der Waals surface area contributed by atoms with Crippen LogP contribution in [-0.2, 0) is 20.6 Å². The molecule has 168 valence electrons. The topological polar surface area (TPSA) is 78.2 Å². The van der Waals surface area contributed by atoms with Crippen molar-refractivity contribution in [3.63, 3.8) is 0 Å². The van der Waals surface area contributed by atoms with Crippen LogP contribution < -0.4 is 21.9 Å². The van der Waals surface area contributed by atoms with Crippen molar-refractivity contribution in [2.75, 3.05) is 18.0 Å². The van der Waals surface area contributed by atoms with E-state index < -0.39 is 0 Å². The highest BCUT2D eigenvalue weighted by Crippen LogP contribution is 2.30. The third-order valence-electron chi connectivity index (χ3n) is 6.19. The van der Waals surface area contributed by atoms with Gasteiger partial charge in [-0.2, -0.15) is 0 Å². The first kappa shape index (κ1) is 23.1. The Labute approximate surface area is 186 Å². The first-order chi connectivity index (χ1) is 14.1. The average molecular weight is 450 g/mol. The summed E-state index contributed by atoms with van der Waals surface area (Å²) in [4.78, 5) is 27.8. The zero-order valence-corrected chi connectivity index (χ0v) is 19.1. The van der Waals surface area contributed by atoms with Crippen LogP contribution in [0.2, 0.25) is 0 Å². The van der Waals surface area contributed by atoms with E-state index in [1.807, 2.05) is 24.5 Å². The number of hydrogen-bond donors (Lipinski definition) is 1. The summed E-state index contributed by atoms with van der Waals surface area (Å²) < 4.78 is 18.5.